The summed E-state index contributed by atoms with van der Waals surface area (Å²) in [7, 11) is -3.84. The Balaban J connectivity index is 2.47. The van der Waals surface area contributed by atoms with Gasteiger partial charge in [-0.25, -0.2) is 13.6 Å². The van der Waals surface area contributed by atoms with Crippen LogP contribution in [0.3, 0.4) is 0 Å². The average molecular weight is 248 g/mol. The molecule has 15 heavy (non-hydrogen) atoms. The molecule has 0 amide bonds. The van der Waals surface area contributed by atoms with Gasteiger partial charge in [0.2, 0.25) is 10.0 Å². The lowest BCUT2D eigenvalue weighted by Gasteiger charge is -2.10. The van der Waals surface area contributed by atoms with Crippen molar-refractivity contribution in [1.29, 1.82) is 0 Å². The molecular formula is C9H10ClNO3S. The van der Waals surface area contributed by atoms with E-state index in [1.165, 1.54) is 6.07 Å². The van der Waals surface area contributed by atoms with Gasteiger partial charge in [-0.1, -0.05) is 17.7 Å². The zero-order valence-corrected chi connectivity index (χ0v) is 9.38. The second-order valence-electron chi connectivity index (χ2n) is 3.43. The highest BCUT2D eigenvalue weighted by molar-refractivity contribution is 7.89. The quantitative estimate of drug-likeness (QED) is 0.881. The Morgan fingerprint density at radius 2 is 2.07 bits per heavy atom. The lowest BCUT2D eigenvalue weighted by molar-refractivity contribution is 0.295. The first kappa shape index (κ1) is 10.7. The maximum absolute atomic E-state index is 11.3. The summed E-state index contributed by atoms with van der Waals surface area (Å²) < 4.78 is 28.0. The van der Waals surface area contributed by atoms with Gasteiger partial charge in [-0.3, -0.25) is 0 Å². The van der Waals surface area contributed by atoms with Crippen molar-refractivity contribution in [2.75, 3.05) is 0 Å². The van der Waals surface area contributed by atoms with Crippen molar-refractivity contribution in [3.8, 4) is 5.75 Å². The van der Waals surface area contributed by atoms with Gasteiger partial charge in [-0.05, 0) is 25.0 Å². The molecule has 0 saturated heterocycles. The Bertz CT molecular complexity index is 482. The maximum Gasteiger partial charge on any atom is 0.243 e. The molecule has 0 bridgehead atoms. The summed E-state index contributed by atoms with van der Waals surface area (Å²) in [4.78, 5) is -0.126. The van der Waals surface area contributed by atoms with Gasteiger partial charge in [0.1, 0.15) is 10.6 Å². The number of rotatable bonds is 3. The first-order chi connectivity index (χ1) is 6.98. The van der Waals surface area contributed by atoms with Gasteiger partial charge in [0.15, 0.2) is 0 Å². The van der Waals surface area contributed by atoms with E-state index >= 15 is 0 Å². The number of benzene rings is 1. The van der Waals surface area contributed by atoms with E-state index in [-0.39, 0.29) is 21.8 Å². The summed E-state index contributed by atoms with van der Waals surface area (Å²) in [5.74, 6) is 0.243. The summed E-state index contributed by atoms with van der Waals surface area (Å²) in [5, 5.41) is 5.16. The normalized spacial score (nSPS) is 16.4. The highest BCUT2D eigenvalue weighted by Gasteiger charge is 2.27. The van der Waals surface area contributed by atoms with Crippen LogP contribution in [0, 0.1) is 0 Å². The molecule has 0 radical (unpaired) electrons. The lowest BCUT2D eigenvalue weighted by atomic mass is 10.3. The predicted molar refractivity (Wildman–Crippen MR) is 56.5 cm³/mol. The van der Waals surface area contributed by atoms with Crippen molar-refractivity contribution in [1.82, 2.24) is 0 Å². The van der Waals surface area contributed by atoms with Crippen LogP contribution >= 0.6 is 11.6 Å². The predicted octanol–water partition coefficient (Wildman–Crippen LogP) is 1.53. The molecule has 82 valence electrons. The number of hydrogen-bond acceptors (Lipinski definition) is 3. The number of ether oxygens (including phenoxy) is 1. The molecule has 2 N–H and O–H groups in total. The van der Waals surface area contributed by atoms with Crippen molar-refractivity contribution >= 4 is 21.6 Å². The zero-order valence-electron chi connectivity index (χ0n) is 7.81. The molecule has 1 aliphatic carbocycles. The summed E-state index contributed by atoms with van der Waals surface area (Å²) >= 11 is 5.78. The van der Waals surface area contributed by atoms with Gasteiger partial charge in [0, 0.05) is 0 Å². The van der Waals surface area contributed by atoms with Gasteiger partial charge in [-0.15, -0.1) is 0 Å². The van der Waals surface area contributed by atoms with Gasteiger partial charge >= 0.3 is 0 Å². The standard InChI is InChI=1S/C9H10ClNO3S/c10-7-2-1-3-8(14-6-4-5-6)9(7)15(11,12)13/h1-3,6H,4-5H2,(H2,11,12,13). The van der Waals surface area contributed by atoms with E-state index in [1.54, 1.807) is 12.1 Å². The fraction of sp³-hybridized carbons (Fsp3) is 0.333. The Labute approximate surface area is 93.0 Å². The number of sulfonamides is 1. The Morgan fingerprint density at radius 3 is 2.60 bits per heavy atom. The third-order valence-corrected chi connectivity index (χ3v) is 3.45. The second-order valence-corrected chi connectivity index (χ2v) is 5.33. The molecule has 1 aromatic carbocycles. The summed E-state index contributed by atoms with van der Waals surface area (Å²) in [6, 6.07) is 4.67. The van der Waals surface area contributed by atoms with Crippen LogP contribution in [0.5, 0.6) is 5.75 Å². The molecule has 4 nitrogen and oxygen atoms in total. The van der Waals surface area contributed by atoms with E-state index in [4.69, 9.17) is 21.5 Å². The molecule has 6 heteroatoms. The van der Waals surface area contributed by atoms with Crippen LogP contribution in [0.4, 0.5) is 0 Å². The third kappa shape index (κ3) is 2.42. The summed E-state index contributed by atoms with van der Waals surface area (Å²) in [6.07, 6.45) is 1.98. The molecule has 0 unspecified atom stereocenters. The van der Waals surface area contributed by atoms with Crippen LogP contribution in [0.2, 0.25) is 5.02 Å². The van der Waals surface area contributed by atoms with E-state index in [2.05, 4.69) is 0 Å². The zero-order chi connectivity index (χ0) is 11.1. The molecule has 1 saturated carbocycles. The first-order valence-electron chi connectivity index (χ1n) is 4.46. The number of halogens is 1. The first-order valence-corrected chi connectivity index (χ1v) is 6.39. The average Bonchev–Trinajstić information content (AvgIpc) is 2.85. The molecule has 0 spiro atoms. The Morgan fingerprint density at radius 1 is 1.40 bits per heavy atom. The molecule has 0 atom stereocenters. The topological polar surface area (TPSA) is 69.4 Å². The molecule has 2 rings (SSSR count). The maximum atomic E-state index is 11.3. The molecule has 1 fully saturated rings. The molecule has 0 heterocycles. The SMILES string of the molecule is NS(=O)(=O)c1c(Cl)cccc1OC1CC1. The van der Waals surface area contributed by atoms with Crippen molar-refractivity contribution in [2.45, 2.75) is 23.8 Å². The van der Waals surface area contributed by atoms with E-state index in [0.717, 1.165) is 12.8 Å². The second kappa shape index (κ2) is 3.66. The summed E-state index contributed by atoms with van der Waals surface area (Å²) in [6.45, 7) is 0. The molecule has 0 aromatic heterocycles. The Hall–Kier alpha value is -0.780. The third-order valence-electron chi connectivity index (χ3n) is 2.03. The number of primary sulfonamides is 1. The van der Waals surface area contributed by atoms with Gasteiger partial charge < -0.3 is 4.74 Å². The van der Waals surface area contributed by atoms with E-state index in [1.807, 2.05) is 0 Å². The largest absolute Gasteiger partial charge is 0.489 e. The van der Waals surface area contributed by atoms with Crippen molar-refractivity contribution in [3.63, 3.8) is 0 Å². The van der Waals surface area contributed by atoms with E-state index in [0.29, 0.717) is 0 Å². The number of nitrogens with two attached hydrogens (primary N) is 1. The van der Waals surface area contributed by atoms with Crippen LogP contribution < -0.4 is 9.88 Å². The highest BCUT2D eigenvalue weighted by Crippen LogP contribution is 2.34. The van der Waals surface area contributed by atoms with E-state index < -0.39 is 10.0 Å². The van der Waals surface area contributed by atoms with Crippen LogP contribution in [-0.2, 0) is 10.0 Å². The monoisotopic (exact) mass is 247 g/mol. The lowest BCUT2D eigenvalue weighted by Crippen LogP contribution is -2.15. The van der Waals surface area contributed by atoms with Crippen molar-refractivity contribution < 1.29 is 13.2 Å². The molecule has 1 aromatic rings. The van der Waals surface area contributed by atoms with Crippen LogP contribution in [0.25, 0.3) is 0 Å². The molecular weight excluding hydrogens is 238 g/mol. The fourth-order valence-corrected chi connectivity index (χ4v) is 2.45. The molecule has 1 aliphatic rings. The van der Waals surface area contributed by atoms with Crippen molar-refractivity contribution in [2.24, 2.45) is 5.14 Å². The number of hydrogen-bond donors (Lipinski definition) is 1. The van der Waals surface area contributed by atoms with E-state index in [9.17, 15) is 8.42 Å². The minimum absolute atomic E-state index is 0.0932. The summed E-state index contributed by atoms with van der Waals surface area (Å²) in [5.41, 5.74) is 0. The van der Waals surface area contributed by atoms with Crippen LogP contribution in [0.1, 0.15) is 12.8 Å². The minimum Gasteiger partial charge on any atom is -0.489 e. The smallest absolute Gasteiger partial charge is 0.243 e. The fourth-order valence-electron chi connectivity index (χ4n) is 1.22. The minimum atomic E-state index is -3.84. The molecule has 0 aliphatic heterocycles. The van der Waals surface area contributed by atoms with Gasteiger partial charge in [0.25, 0.3) is 0 Å². The Kier molecular flexibility index (Phi) is 2.62. The van der Waals surface area contributed by atoms with Gasteiger partial charge in [-0.2, -0.15) is 0 Å². The van der Waals surface area contributed by atoms with Crippen LogP contribution in [-0.4, -0.2) is 14.5 Å². The van der Waals surface area contributed by atoms with Crippen LogP contribution in [0.15, 0.2) is 23.1 Å². The van der Waals surface area contributed by atoms with Gasteiger partial charge in [0.05, 0.1) is 11.1 Å². The van der Waals surface area contributed by atoms with Crippen molar-refractivity contribution in [3.05, 3.63) is 23.2 Å². The highest BCUT2D eigenvalue weighted by atomic mass is 35.5.